The van der Waals surface area contributed by atoms with E-state index in [9.17, 15) is 14.9 Å². The number of benzene rings is 2. The number of thiocarbonyl (C=S) groups is 1. The fourth-order valence-corrected chi connectivity index (χ4v) is 5.93. The van der Waals surface area contributed by atoms with E-state index in [1.54, 1.807) is 18.3 Å². The molecule has 2 aromatic heterocycles. The number of pyridine rings is 1. The van der Waals surface area contributed by atoms with Crippen molar-refractivity contribution in [3.63, 3.8) is 0 Å². The average molecular weight is 599 g/mol. The summed E-state index contributed by atoms with van der Waals surface area (Å²) in [5.74, 6) is 0.213. The molecular formula is C32H34N6O4S. The van der Waals surface area contributed by atoms with Gasteiger partial charge in [-0.05, 0) is 92.6 Å². The van der Waals surface area contributed by atoms with Gasteiger partial charge in [0.25, 0.3) is 5.69 Å². The number of nitrogens with one attached hydrogen (secondary N) is 2. The van der Waals surface area contributed by atoms with Crippen LogP contribution in [-0.2, 0) is 4.79 Å². The number of nitro benzene ring substituents is 1. The number of carbonyl (C=O) groups excluding carboxylic acids is 1. The van der Waals surface area contributed by atoms with Crippen molar-refractivity contribution < 1.29 is 14.5 Å². The van der Waals surface area contributed by atoms with Crippen LogP contribution in [0.15, 0.2) is 66.9 Å². The maximum atomic E-state index is 12.4. The molecule has 5 rings (SSSR count). The number of methoxy groups -OCH3 is 1. The van der Waals surface area contributed by atoms with Crippen LogP contribution in [0.5, 0.6) is 5.75 Å². The summed E-state index contributed by atoms with van der Waals surface area (Å²) in [6, 6.07) is 17.9. The molecule has 1 amide bonds. The number of hydrogen-bond acceptors (Lipinski definition) is 6. The number of aromatic nitrogens is 2. The van der Waals surface area contributed by atoms with Gasteiger partial charge < -0.3 is 24.8 Å². The van der Waals surface area contributed by atoms with Gasteiger partial charge in [-0.2, -0.15) is 0 Å². The van der Waals surface area contributed by atoms with Crippen LogP contribution in [0.25, 0.3) is 5.69 Å². The van der Waals surface area contributed by atoms with Crippen LogP contribution in [0.2, 0.25) is 0 Å². The molecule has 3 heterocycles. The van der Waals surface area contributed by atoms with Crippen molar-refractivity contribution in [1.29, 1.82) is 0 Å². The number of carbonyl (C=O) groups is 1. The van der Waals surface area contributed by atoms with E-state index in [1.165, 1.54) is 13.2 Å². The monoisotopic (exact) mass is 598 g/mol. The molecule has 1 aliphatic heterocycles. The number of amides is 1. The van der Waals surface area contributed by atoms with E-state index in [-0.39, 0.29) is 29.6 Å². The lowest BCUT2D eigenvalue weighted by Gasteiger charge is -2.29. The second kappa shape index (κ2) is 11.8. The van der Waals surface area contributed by atoms with E-state index in [0.29, 0.717) is 16.5 Å². The number of anilines is 2. The highest BCUT2D eigenvalue weighted by atomic mass is 32.1. The van der Waals surface area contributed by atoms with Crippen LogP contribution in [0.4, 0.5) is 17.1 Å². The summed E-state index contributed by atoms with van der Waals surface area (Å²) in [4.78, 5) is 30.8. The van der Waals surface area contributed by atoms with Crippen LogP contribution in [-0.4, -0.2) is 32.6 Å². The topological polar surface area (TPSA) is 115 Å². The fourth-order valence-electron chi connectivity index (χ4n) is 5.59. The number of aryl methyl sites for hydroxylation is 2. The molecule has 222 valence electrons. The standard InChI is InChI=1S/C32H34N6O4S/c1-18(2)31(39)34-25-12-10-22(15-19(25)3)37-30(29(35-32(37)43)26-9-7-8-14-33-26)24-16-20(4)36(21(24)5)27-13-11-23(42-6)17-28(27)38(40)41/h7-18,29-30H,1-6H3,(H,34,39)(H,35,43). The largest absolute Gasteiger partial charge is 0.496 e. The molecule has 0 spiro atoms. The highest BCUT2D eigenvalue weighted by molar-refractivity contribution is 7.80. The molecule has 2 aromatic carbocycles. The van der Waals surface area contributed by atoms with Crippen LogP contribution in [0.1, 0.15) is 54.1 Å². The van der Waals surface area contributed by atoms with Crippen molar-refractivity contribution in [3.8, 4) is 11.4 Å². The molecule has 10 nitrogen and oxygen atoms in total. The van der Waals surface area contributed by atoms with Gasteiger partial charge in [0.1, 0.15) is 11.4 Å². The van der Waals surface area contributed by atoms with Gasteiger partial charge >= 0.3 is 0 Å². The third kappa shape index (κ3) is 5.55. The SMILES string of the molecule is COc1ccc(-n2c(C)cc(C3C(c4ccccn4)NC(=S)N3c3ccc(NC(=O)C(C)C)c(C)c3)c2C)c([N+](=O)[O-])c1. The zero-order valence-electron chi connectivity index (χ0n) is 24.9. The maximum absolute atomic E-state index is 12.4. The lowest BCUT2D eigenvalue weighted by molar-refractivity contribution is -0.384. The summed E-state index contributed by atoms with van der Waals surface area (Å²) < 4.78 is 7.16. The number of rotatable bonds is 8. The van der Waals surface area contributed by atoms with Gasteiger partial charge in [0.15, 0.2) is 5.11 Å². The zero-order valence-corrected chi connectivity index (χ0v) is 25.7. The normalized spacial score (nSPS) is 16.3. The van der Waals surface area contributed by atoms with Crippen molar-refractivity contribution in [2.75, 3.05) is 17.3 Å². The number of ether oxygens (including phenoxy) is 1. The van der Waals surface area contributed by atoms with Gasteiger partial charge in [-0.15, -0.1) is 0 Å². The van der Waals surface area contributed by atoms with Crippen molar-refractivity contribution in [3.05, 3.63) is 105 Å². The summed E-state index contributed by atoms with van der Waals surface area (Å²) in [6.07, 6.45) is 1.75. The minimum atomic E-state index is -0.395. The van der Waals surface area contributed by atoms with E-state index in [0.717, 1.165) is 39.6 Å². The van der Waals surface area contributed by atoms with E-state index in [1.807, 2.05) is 75.6 Å². The third-order valence-electron chi connectivity index (χ3n) is 7.78. The van der Waals surface area contributed by atoms with Gasteiger partial charge in [-0.1, -0.05) is 19.9 Å². The quantitative estimate of drug-likeness (QED) is 0.134. The lowest BCUT2D eigenvalue weighted by atomic mass is 9.96. The number of nitrogens with zero attached hydrogens (tertiary/aromatic N) is 4. The summed E-state index contributed by atoms with van der Waals surface area (Å²) in [6.45, 7) is 9.55. The van der Waals surface area contributed by atoms with Crippen molar-refractivity contribution in [1.82, 2.24) is 14.9 Å². The van der Waals surface area contributed by atoms with Crippen LogP contribution in [0, 0.1) is 36.8 Å². The highest BCUT2D eigenvalue weighted by Gasteiger charge is 2.42. The summed E-state index contributed by atoms with van der Waals surface area (Å²) in [7, 11) is 1.48. The van der Waals surface area contributed by atoms with Gasteiger partial charge in [0.05, 0.1) is 35.9 Å². The van der Waals surface area contributed by atoms with Crippen molar-refractivity contribution in [2.24, 2.45) is 5.92 Å². The first-order chi connectivity index (χ1) is 20.5. The van der Waals surface area contributed by atoms with Gasteiger partial charge in [0, 0.05) is 34.9 Å². The Morgan fingerprint density at radius 2 is 1.88 bits per heavy atom. The molecule has 2 N–H and O–H groups in total. The van der Waals surface area contributed by atoms with Crippen molar-refractivity contribution >= 4 is 40.3 Å². The molecule has 2 atom stereocenters. The smallest absolute Gasteiger partial charge is 0.296 e. The van der Waals surface area contributed by atoms with E-state index < -0.39 is 4.92 Å². The number of nitro groups is 1. The Morgan fingerprint density at radius 3 is 2.51 bits per heavy atom. The molecule has 43 heavy (non-hydrogen) atoms. The Hall–Kier alpha value is -4.77. The Morgan fingerprint density at radius 1 is 1.12 bits per heavy atom. The first kappa shape index (κ1) is 29.7. The summed E-state index contributed by atoms with van der Waals surface area (Å²) in [5.41, 5.74) is 6.31. The number of hydrogen-bond donors (Lipinski definition) is 2. The maximum Gasteiger partial charge on any atom is 0.296 e. The molecule has 0 saturated carbocycles. The van der Waals surface area contributed by atoms with E-state index in [4.69, 9.17) is 17.0 Å². The molecule has 2 unspecified atom stereocenters. The molecule has 1 fully saturated rings. The summed E-state index contributed by atoms with van der Waals surface area (Å²) in [5, 5.41) is 19.1. The second-order valence-corrected chi connectivity index (χ2v) is 11.3. The van der Waals surface area contributed by atoms with Gasteiger partial charge in [-0.3, -0.25) is 19.9 Å². The molecule has 11 heteroatoms. The first-order valence-corrected chi connectivity index (χ1v) is 14.4. The molecule has 0 aliphatic carbocycles. The van der Waals surface area contributed by atoms with Gasteiger partial charge in [0.2, 0.25) is 5.91 Å². The molecule has 1 saturated heterocycles. The lowest BCUT2D eigenvalue weighted by Crippen LogP contribution is -2.29. The Bertz CT molecular complexity index is 1720. The van der Waals surface area contributed by atoms with Gasteiger partial charge in [-0.25, -0.2) is 0 Å². The first-order valence-electron chi connectivity index (χ1n) is 14.0. The molecule has 0 radical (unpaired) electrons. The molecule has 0 bridgehead atoms. The van der Waals surface area contributed by atoms with E-state index >= 15 is 0 Å². The predicted molar refractivity (Wildman–Crippen MR) is 171 cm³/mol. The third-order valence-corrected chi connectivity index (χ3v) is 8.09. The van der Waals surface area contributed by atoms with E-state index in [2.05, 4.69) is 26.6 Å². The van der Waals surface area contributed by atoms with Crippen LogP contribution >= 0.6 is 12.2 Å². The minimum Gasteiger partial charge on any atom is -0.496 e. The summed E-state index contributed by atoms with van der Waals surface area (Å²) >= 11 is 5.92. The zero-order chi connectivity index (χ0) is 31.0. The fraction of sp³-hybridized carbons (Fsp3) is 0.281. The minimum absolute atomic E-state index is 0.0534. The Kier molecular flexibility index (Phi) is 8.19. The molecular weight excluding hydrogens is 564 g/mol. The second-order valence-electron chi connectivity index (χ2n) is 10.9. The van der Waals surface area contributed by atoms with Crippen LogP contribution in [0.3, 0.4) is 0 Å². The molecule has 1 aliphatic rings. The Labute approximate surface area is 255 Å². The average Bonchev–Trinajstić information content (AvgIpc) is 3.48. The predicted octanol–water partition coefficient (Wildman–Crippen LogP) is 6.49. The highest BCUT2D eigenvalue weighted by Crippen LogP contribution is 2.45. The van der Waals surface area contributed by atoms with Crippen molar-refractivity contribution in [2.45, 2.75) is 46.7 Å². The molecule has 4 aromatic rings. The van der Waals surface area contributed by atoms with Crippen LogP contribution < -0.4 is 20.3 Å². The Balaban J connectivity index is 1.65.